The average Bonchev–Trinajstić information content (AvgIpc) is 3.13. The van der Waals surface area contributed by atoms with Gasteiger partial charge in [-0.1, -0.05) is 52.3 Å². The Kier molecular flexibility index (Phi) is 4.75. The van der Waals surface area contributed by atoms with E-state index in [0.717, 1.165) is 32.6 Å². The molecule has 0 radical (unpaired) electrons. The van der Waals surface area contributed by atoms with Gasteiger partial charge in [-0.25, -0.2) is 4.79 Å². The van der Waals surface area contributed by atoms with Crippen LogP contribution in [-0.2, 0) is 25.4 Å². The molecule has 0 spiro atoms. The summed E-state index contributed by atoms with van der Waals surface area (Å²) in [4.78, 5) is 26.2. The quantitative estimate of drug-likeness (QED) is 0.438. The van der Waals surface area contributed by atoms with Crippen molar-refractivity contribution in [2.75, 3.05) is 6.61 Å². The van der Waals surface area contributed by atoms with Gasteiger partial charge in [0.15, 0.2) is 0 Å². The van der Waals surface area contributed by atoms with Crippen molar-refractivity contribution in [1.82, 2.24) is 13.7 Å². The highest BCUT2D eigenvalue weighted by atomic mass is 79.9. The normalized spacial score (nSPS) is 15.9. The lowest BCUT2D eigenvalue weighted by Gasteiger charge is -2.28. The minimum atomic E-state index is -0.362. The Morgan fingerprint density at radius 1 is 1.00 bits per heavy atom. The van der Waals surface area contributed by atoms with E-state index in [1.54, 1.807) is 11.6 Å². The number of ether oxygens (including phenoxy) is 1. The van der Waals surface area contributed by atoms with E-state index in [1.807, 2.05) is 42.5 Å². The molecule has 0 N–H and O–H groups in total. The van der Waals surface area contributed by atoms with E-state index in [0.29, 0.717) is 24.1 Å². The van der Waals surface area contributed by atoms with Gasteiger partial charge in [-0.05, 0) is 35.7 Å². The summed E-state index contributed by atoms with van der Waals surface area (Å²) in [5.74, 6) is 0. The molecule has 1 aliphatic rings. The van der Waals surface area contributed by atoms with Crippen LogP contribution in [-0.4, -0.2) is 20.3 Å². The predicted molar refractivity (Wildman–Crippen MR) is 125 cm³/mol. The van der Waals surface area contributed by atoms with E-state index in [1.165, 1.54) is 11.6 Å². The first-order chi connectivity index (χ1) is 14.9. The first-order valence-corrected chi connectivity index (χ1v) is 10.9. The number of rotatable bonds is 2. The standard InChI is InChI=1S/C24H22BrN3O3/c1-14-6-4-5-7-17(14)22-21-20-18(23(29)27(3)24(30)26(20)2)19(28(21)12-13-31-22)15-8-10-16(25)11-9-15/h4-11,22H,12-13H2,1-3H3. The van der Waals surface area contributed by atoms with Crippen LogP contribution in [0.3, 0.4) is 0 Å². The topological polar surface area (TPSA) is 58.2 Å². The third kappa shape index (κ3) is 2.95. The number of aromatic nitrogens is 3. The van der Waals surface area contributed by atoms with Crippen molar-refractivity contribution in [2.24, 2.45) is 14.1 Å². The van der Waals surface area contributed by atoms with E-state index < -0.39 is 0 Å². The Morgan fingerprint density at radius 2 is 1.71 bits per heavy atom. The third-order valence-corrected chi connectivity index (χ3v) is 6.67. The van der Waals surface area contributed by atoms with Gasteiger partial charge in [0, 0.05) is 25.1 Å². The monoisotopic (exact) mass is 479 g/mol. The van der Waals surface area contributed by atoms with Gasteiger partial charge in [0.1, 0.15) is 6.10 Å². The van der Waals surface area contributed by atoms with Crippen LogP contribution in [0, 0.1) is 6.92 Å². The fraction of sp³-hybridized carbons (Fsp3) is 0.250. The van der Waals surface area contributed by atoms with Crippen LogP contribution in [0.1, 0.15) is 22.9 Å². The summed E-state index contributed by atoms with van der Waals surface area (Å²) in [7, 11) is 3.25. The molecule has 1 atom stereocenters. The van der Waals surface area contributed by atoms with Crippen LogP contribution >= 0.6 is 15.9 Å². The van der Waals surface area contributed by atoms with Crippen molar-refractivity contribution < 1.29 is 4.74 Å². The molecule has 3 heterocycles. The largest absolute Gasteiger partial charge is 0.365 e. The Hall–Kier alpha value is -2.90. The van der Waals surface area contributed by atoms with Gasteiger partial charge in [0.25, 0.3) is 5.56 Å². The zero-order chi connectivity index (χ0) is 21.9. The molecule has 0 aliphatic carbocycles. The second-order valence-electron chi connectivity index (χ2n) is 7.93. The summed E-state index contributed by atoms with van der Waals surface area (Å²) in [5.41, 5.74) is 4.76. The minimum absolute atomic E-state index is 0.290. The molecule has 31 heavy (non-hydrogen) atoms. The SMILES string of the molecule is Cc1ccccc1C1OCCn2c(-c3ccc(Br)cc3)c3c(=O)n(C)c(=O)n(C)c3c21. The number of hydrogen-bond acceptors (Lipinski definition) is 3. The Morgan fingerprint density at radius 3 is 2.42 bits per heavy atom. The molecule has 4 aromatic rings. The first kappa shape index (κ1) is 20.0. The van der Waals surface area contributed by atoms with Crippen molar-refractivity contribution in [1.29, 1.82) is 0 Å². The lowest BCUT2D eigenvalue weighted by molar-refractivity contribution is 0.0475. The zero-order valence-corrected chi connectivity index (χ0v) is 19.1. The molecule has 158 valence electrons. The second-order valence-corrected chi connectivity index (χ2v) is 8.84. The number of halogens is 1. The van der Waals surface area contributed by atoms with Crippen molar-refractivity contribution in [2.45, 2.75) is 19.6 Å². The molecule has 0 saturated heterocycles. The van der Waals surface area contributed by atoms with E-state index in [-0.39, 0.29) is 17.4 Å². The molecule has 0 saturated carbocycles. The maximum absolute atomic E-state index is 13.4. The van der Waals surface area contributed by atoms with Gasteiger partial charge in [-0.15, -0.1) is 0 Å². The van der Waals surface area contributed by atoms with Gasteiger partial charge in [0.2, 0.25) is 0 Å². The maximum atomic E-state index is 13.4. The van der Waals surface area contributed by atoms with Crippen molar-refractivity contribution in [3.05, 3.63) is 90.7 Å². The van der Waals surface area contributed by atoms with Crippen LogP contribution in [0.4, 0.5) is 0 Å². The lowest BCUT2D eigenvalue weighted by atomic mass is 9.99. The molecule has 7 heteroatoms. The highest BCUT2D eigenvalue weighted by Gasteiger charge is 2.33. The van der Waals surface area contributed by atoms with Crippen LogP contribution in [0.2, 0.25) is 0 Å². The number of aryl methyl sites for hydroxylation is 2. The van der Waals surface area contributed by atoms with Crippen molar-refractivity contribution in [3.8, 4) is 11.3 Å². The second kappa shape index (κ2) is 7.35. The highest BCUT2D eigenvalue weighted by Crippen LogP contribution is 2.41. The van der Waals surface area contributed by atoms with Crippen molar-refractivity contribution in [3.63, 3.8) is 0 Å². The first-order valence-electron chi connectivity index (χ1n) is 10.1. The van der Waals surface area contributed by atoms with E-state index in [9.17, 15) is 9.59 Å². The fourth-order valence-corrected chi connectivity index (χ4v) is 4.87. The molecule has 1 unspecified atom stereocenters. The molecule has 1 aliphatic heterocycles. The number of fused-ring (bicyclic) bond motifs is 3. The minimum Gasteiger partial charge on any atom is -0.365 e. The van der Waals surface area contributed by atoms with Gasteiger partial charge < -0.3 is 9.30 Å². The average molecular weight is 480 g/mol. The molecule has 0 amide bonds. The van der Waals surface area contributed by atoms with Crippen LogP contribution in [0.5, 0.6) is 0 Å². The summed E-state index contributed by atoms with van der Waals surface area (Å²) >= 11 is 3.49. The summed E-state index contributed by atoms with van der Waals surface area (Å²) < 4.78 is 12.1. The Balaban J connectivity index is 1.96. The number of nitrogens with zero attached hydrogens (tertiary/aromatic N) is 3. The Bertz CT molecular complexity index is 1440. The molecule has 2 aromatic carbocycles. The van der Waals surface area contributed by atoms with Gasteiger partial charge >= 0.3 is 5.69 Å². The summed E-state index contributed by atoms with van der Waals surface area (Å²) in [5, 5.41) is 0.547. The predicted octanol–water partition coefficient (Wildman–Crippen LogP) is 3.90. The van der Waals surface area contributed by atoms with Crippen LogP contribution in [0.25, 0.3) is 22.2 Å². The van der Waals surface area contributed by atoms with Crippen molar-refractivity contribution >= 4 is 26.8 Å². The van der Waals surface area contributed by atoms with Gasteiger partial charge in [-0.2, -0.15) is 0 Å². The lowest BCUT2D eigenvalue weighted by Crippen LogP contribution is -2.37. The summed E-state index contributed by atoms with van der Waals surface area (Å²) in [6.45, 7) is 3.18. The molecular formula is C24H22BrN3O3. The van der Waals surface area contributed by atoms with Gasteiger partial charge in [0.05, 0.1) is 28.9 Å². The highest BCUT2D eigenvalue weighted by molar-refractivity contribution is 9.10. The maximum Gasteiger partial charge on any atom is 0.331 e. The molecule has 0 fully saturated rings. The summed E-state index contributed by atoms with van der Waals surface area (Å²) in [6, 6.07) is 16.0. The van der Waals surface area contributed by atoms with Crippen LogP contribution in [0.15, 0.2) is 62.6 Å². The molecule has 6 nitrogen and oxygen atoms in total. The molecular weight excluding hydrogens is 458 g/mol. The molecule has 2 aromatic heterocycles. The number of benzene rings is 2. The zero-order valence-electron chi connectivity index (χ0n) is 17.6. The van der Waals surface area contributed by atoms with E-state index in [4.69, 9.17) is 4.74 Å². The van der Waals surface area contributed by atoms with Crippen LogP contribution < -0.4 is 11.2 Å². The number of hydrogen-bond donors (Lipinski definition) is 0. The third-order valence-electron chi connectivity index (χ3n) is 6.14. The van der Waals surface area contributed by atoms with E-state index >= 15 is 0 Å². The van der Waals surface area contributed by atoms with Gasteiger partial charge in [-0.3, -0.25) is 13.9 Å². The summed E-state index contributed by atoms with van der Waals surface area (Å²) in [6.07, 6.45) is -0.362. The molecule has 5 rings (SSSR count). The van der Waals surface area contributed by atoms with E-state index in [2.05, 4.69) is 33.5 Å². The smallest absolute Gasteiger partial charge is 0.331 e. The Labute approximate surface area is 187 Å². The molecule has 0 bridgehead atoms. The fourth-order valence-electron chi connectivity index (χ4n) is 4.61.